The highest BCUT2D eigenvalue weighted by molar-refractivity contribution is 5.94. The second kappa shape index (κ2) is 5.95. The summed E-state index contributed by atoms with van der Waals surface area (Å²) >= 11 is 0. The van der Waals surface area contributed by atoms with Gasteiger partial charge in [-0.05, 0) is 38.0 Å². The van der Waals surface area contributed by atoms with E-state index in [0.717, 1.165) is 12.2 Å². The molecule has 4 nitrogen and oxygen atoms in total. The quantitative estimate of drug-likeness (QED) is 0.818. The first kappa shape index (κ1) is 13.7. The minimum Gasteiger partial charge on any atom is -0.397 e. The average molecular weight is 261 g/mol. The number of nitrogens with two attached hydrogens (primary N) is 2. The third-order valence-electron chi connectivity index (χ3n) is 3.98. The van der Waals surface area contributed by atoms with Crippen LogP contribution in [0.15, 0.2) is 18.2 Å². The van der Waals surface area contributed by atoms with Gasteiger partial charge in [-0.15, -0.1) is 0 Å². The maximum absolute atomic E-state index is 11.2. The third-order valence-corrected chi connectivity index (χ3v) is 3.98. The van der Waals surface area contributed by atoms with Crippen molar-refractivity contribution >= 4 is 17.3 Å². The minimum absolute atomic E-state index is 0.432. The SMILES string of the molecule is CCN(c1ccc(C(N)=O)cc1N)C1CCCCC1. The van der Waals surface area contributed by atoms with Crippen LogP contribution in [0, 0.1) is 0 Å². The summed E-state index contributed by atoms with van der Waals surface area (Å²) in [4.78, 5) is 13.5. The molecule has 1 aliphatic carbocycles. The lowest BCUT2D eigenvalue weighted by Gasteiger charge is -2.36. The zero-order valence-corrected chi connectivity index (χ0v) is 11.6. The fourth-order valence-corrected chi connectivity index (χ4v) is 2.99. The highest BCUT2D eigenvalue weighted by atomic mass is 16.1. The first-order chi connectivity index (χ1) is 9.13. The Morgan fingerprint density at radius 3 is 2.53 bits per heavy atom. The molecule has 0 unspecified atom stereocenters. The number of benzene rings is 1. The number of carbonyl (C=O) groups excluding carboxylic acids is 1. The van der Waals surface area contributed by atoms with Gasteiger partial charge in [-0.3, -0.25) is 4.79 Å². The van der Waals surface area contributed by atoms with Crippen molar-refractivity contribution in [3.05, 3.63) is 23.8 Å². The first-order valence-electron chi connectivity index (χ1n) is 7.09. The summed E-state index contributed by atoms with van der Waals surface area (Å²) in [5.74, 6) is -0.432. The molecule has 0 radical (unpaired) electrons. The van der Waals surface area contributed by atoms with Gasteiger partial charge in [-0.2, -0.15) is 0 Å². The maximum Gasteiger partial charge on any atom is 0.248 e. The molecule has 0 atom stereocenters. The molecule has 1 saturated carbocycles. The van der Waals surface area contributed by atoms with Crippen molar-refractivity contribution in [3.63, 3.8) is 0 Å². The van der Waals surface area contributed by atoms with Crippen LogP contribution >= 0.6 is 0 Å². The van der Waals surface area contributed by atoms with Crippen LogP contribution in [0.4, 0.5) is 11.4 Å². The van der Waals surface area contributed by atoms with Gasteiger partial charge in [0.15, 0.2) is 0 Å². The molecule has 1 fully saturated rings. The monoisotopic (exact) mass is 261 g/mol. The summed E-state index contributed by atoms with van der Waals surface area (Å²) in [5, 5.41) is 0. The lowest BCUT2D eigenvalue weighted by molar-refractivity contribution is 0.100. The number of carbonyl (C=O) groups is 1. The van der Waals surface area contributed by atoms with E-state index in [9.17, 15) is 4.79 Å². The molecule has 1 aromatic rings. The van der Waals surface area contributed by atoms with Crippen molar-refractivity contribution in [3.8, 4) is 0 Å². The number of nitrogens with zero attached hydrogens (tertiary/aromatic N) is 1. The Balaban J connectivity index is 2.24. The highest BCUT2D eigenvalue weighted by Gasteiger charge is 2.21. The Bertz CT molecular complexity index is 453. The zero-order chi connectivity index (χ0) is 13.8. The van der Waals surface area contributed by atoms with Crippen LogP contribution in [0.3, 0.4) is 0 Å². The van der Waals surface area contributed by atoms with E-state index in [0.29, 0.717) is 17.3 Å². The fraction of sp³-hybridized carbons (Fsp3) is 0.533. The number of primary amides is 1. The molecule has 0 saturated heterocycles. The fourth-order valence-electron chi connectivity index (χ4n) is 2.99. The Hall–Kier alpha value is -1.71. The van der Waals surface area contributed by atoms with E-state index in [1.165, 1.54) is 32.1 Å². The van der Waals surface area contributed by atoms with Crippen LogP contribution in [0.25, 0.3) is 0 Å². The molecular weight excluding hydrogens is 238 g/mol. The van der Waals surface area contributed by atoms with Gasteiger partial charge in [0.2, 0.25) is 5.91 Å². The molecule has 1 aliphatic rings. The van der Waals surface area contributed by atoms with Crippen molar-refractivity contribution < 1.29 is 4.79 Å². The number of anilines is 2. The van der Waals surface area contributed by atoms with Crippen LogP contribution in [-0.2, 0) is 0 Å². The van der Waals surface area contributed by atoms with E-state index in [-0.39, 0.29) is 0 Å². The summed E-state index contributed by atoms with van der Waals surface area (Å²) in [6, 6.07) is 5.94. The van der Waals surface area contributed by atoms with Crippen molar-refractivity contribution in [1.29, 1.82) is 0 Å². The highest BCUT2D eigenvalue weighted by Crippen LogP contribution is 2.31. The summed E-state index contributed by atoms with van der Waals surface area (Å²) in [6.45, 7) is 3.08. The minimum atomic E-state index is -0.432. The summed E-state index contributed by atoms with van der Waals surface area (Å²) in [7, 11) is 0. The van der Waals surface area contributed by atoms with Crippen molar-refractivity contribution in [2.75, 3.05) is 17.2 Å². The molecule has 19 heavy (non-hydrogen) atoms. The molecule has 2 rings (SSSR count). The van der Waals surface area contributed by atoms with Crippen LogP contribution < -0.4 is 16.4 Å². The Morgan fingerprint density at radius 1 is 1.32 bits per heavy atom. The van der Waals surface area contributed by atoms with Crippen LogP contribution in [0.5, 0.6) is 0 Å². The molecule has 4 heteroatoms. The van der Waals surface area contributed by atoms with Gasteiger partial charge in [-0.1, -0.05) is 19.3 Å². The van der Waals surface area contributed by atoms with Gasteiger partial charge in [0.1, 0.15) is 0 Å². The smallest absolute Gasteiger partial charge is 0.248 e. The number of nitrogen functional groups attached to an aromatic ring is 1. The molecule has 0 aliphatic heterocycles. The van der Waals surface area contributed by atoms with E-state index in [1.807, 2.05) is 6.07 Å². The topological polar surface area (TPSA) is 72.3 Å². The van der Waals surface area contributed by atoms with Gasteiger partial charge in [-0.25, -0.2) is 0 Å². The Kier molecular flexibility index (Phi) is 4.30. The van der Waals surface area contributed by atoms with Gasteiger partial charge in [0.05, 0.1) is 11.4 Å². The molecule has 0 bridgehead atoms. The average Bonchev–Trinajstić information content (AvgIpc) is 2.42. The van der Waals surface area contributed by atoms with Crippen LogP contribution in [0.2, 0.25) is 0 Å². The van der Waals surface area contributed by atoms with Gasteiger partial charge >= 0.3 is 0 Å². The molecule has 1 aromatic carbocycles. The first-order valence-corrected chi connectivity index (χ1v) is 7.09. The van der Waals surface area contributed by atoms with Crippen LogP contribution in [-0.4, -0.2) is 18.5 Å². The molecular formula is C15H23N3O. The number of hydrogen-bond donors (Lipinski definition) is 2. The predicted octanol–water partition coefficient (Wildman–Crippen LogP) is 2.53. The lowest BCUT2D eigenvalue weighted by Crippen LogP contribution is -2.37. The number of amides is 1. The zero-order valence-electron chi connectivity index (χ0n) is 11.6. The molecule has 4 N–H and O–H groups in total. The van der Waals surface area contributed by atoms with Gasteiger partial charge in [0.25, 0.3) is 0 Å². The van der Waals surface area contributed by atoms with Crippen molar-refractivity contribution in [2.45, 2.75) is 45.1 Å². The second-order valence-corrected chi connectivity index (χ2v) is 5.22. The normalized spacial score (nSPS) is 16.3. The van der Waals surface area contributed by atoms with E-state index >= 15 is 0 Å². The summed E-state index contributed by atoms with van der Waals surface area (Å²) < 4.78 is 0. The lowest BCUT2D eigenvalue weighted by atomic mass is 9.93. The molecule has 104 valence electrons. The van der Waals surface area contributed by atoms with Crippen molar-refractivity contribution in [2.24, 2.45) is 5.73 Å². The van der Waals surface area contributed by atoms with E-state index in [2.05, 4.69) is 11.8 Å². The van der Waals surface area contributed by atoms with E-state index in [1.54, 1.807) is 12.1 Å². The number of hydrogen-bond acceptors (Lipinski definition) is 3. The van der Waals surface area contributed by atoms with E-state index < -0.39 is 5.91 Å². The predicted molar refractivity (Wildman–Crippen MR) is 79.3 cm³/mol. The summed E-state index contributed by atoms with van der Waals surface area (Å²) in [6.07, 6.45) is 6.38. The Morgan fingerprint density at radius 2 is 2.00 bits per heavy atom. The molecule has 1 amide bonds. The molecule has 0 heterocycles. The van der Waals surface area contributed by atoms with Gasteiger partial charge in [0, 0.05) is 18.2 Å². The Labute approximate surface area is 114 Å². The summed E-state index contributed by atoms with van der Waals surface area (Å²) in [5.41, 5.74) is 13.5. The standard InChI is InChI=1S/C15H23N3O/c1-2-18(12-6-4-3-5-7-12)14-9-8-11(15(17)19)10-13(14)16/h8-10,12H,2-7,16H2,1H3,(H2,17,19). The molecule has 0 spiro atoms. The van der Waals surface area contributed by atoms with Crippen LogP contribution in [0.1, 0.15) is 49.4 Å². The largest absolute Gasteiger partial charge is 0.397 e. The number of rotatable bonds is 4. The second-order valence-electron chi connectivity index (χ2n) is 5.22. The van der Waals surface area contributed by atoms with Crippen molar-refractivity contribution in [1.82, 2.24) is 0 Å². The van der Waals surface area contributed by atoms with E-state index in [4.69, 9.17) is 11.5 Å². The van der Waals surface area contributed by atoms with Gasteiger partial charge < -0.3 is 16.4 Å². The third kappa shape index (κ3) is 3.00. The molecule has 0 aromatic heterocycles. The maximum atomic E-state index is 11.2.